The zero-order valence-electron chi connectivity index (χ0n) is 15.5. The van der Waals surface area contributed by atoms with Crippen LogP contribution < -0.4 is 11.0 Å². The first-order chi connectivity index (χ1) is 13.6. The lowest BCUT2D eigenvalue weighted by Crippen LogP contribution is -2.34. The van der Waals surface area contributed by atoms with Gasteiger partial charge in [0, 0.05) is 25.1 Å². The third kappa shape index (κ3) is 2.93. The number of nitrogens with zero attached hydrogens (tertiary/aromatic N) is 4. The second-order valence-corrected chi connectivity index (χ2v) is 6.29. The van der Waals surface area contributed by atoms with Gasteiger partial charge in [0.25, 0.3) is 11.5 Å². The Hall–Kier alpha value is -3.52. The van der Waals surface area contributed by atoms with Gasteiger partial charge in [0.15, 0.2) is 5.65 Å². The molecule has 0 aliphatic carbocycles. The van der Waals surface area contributed by atoms with Crippen molar-refractivity contribution in [3.05, 3.63) is 64.8 Å². The van der Waals surface area contributed by atoms with Crippen LogP contribution in [0.15, 0.2) is 53.6 Å². The number of fused-ring (bicyclic) bond motifs is 3. The number of hydrogen-bond acceptors (Lipinski definition) is 5. The number of aromatic nitrogens is 4. The van der Waals surface area contributed by atoms with Crippen LogP contribution in [0.1, 0.15) is 12.6 Å². The van der Waals surface area contributed by atoms with Crippen LogP contribution in [0.3, 0.4) is 0 Å². The van der Waals surface area contributed by atoms with Crippen molar-refractivity contribution < 1.29 is 9.53 Å². The van der Waals surface area contributed by atoms with Crippen molar-refractivity contribution in [2.45, 2.75) is 13.3 Å². The van der Waals surface area contributed by atoms with Gasteiger partial charge in [0.05, 0.1) is 16.6 Å². The number of hydrogen-bond donors (Lipinski definition) is 1. The van der Waals surface area contributed by atoms with Crippen LogP contribution in [-0.4, -0.2) is 38.9 Å². The molecule has 0 unspecified atom stereocenters. The van der Waals surface area contributed by atoms with E-state index in [0.717, 1.165) is 27.9 Å². The van der Waals surface area contributed by atoms with Crippen molar-refractivity contribution in [3.8, 4) is 11.1 Å². The molecule has 1 aromatic carbocycles. The van der Waals surface area contributed by atoms with Crippen LogP contribution >= 0.6 is 0 Å². The van der Waals surface area contributed by atoms with E-state index in [2.05, 4.69) is 10.4 Å². The summed E-state index contributed by atoms with van der Waals surface area (Å²) in [6.07, 6.45) is 3.77. The molecule has 0 aliphatic heterocycles. The quantitative estimate of drug-likeness (QED) is 0.574. The van der Waals surface area contributed by atoms with E-state index >= 15 is 0 Å². The first kappa shape index (κ1) is 17.9. The summed E-state index contributed by atoms with van der Waals surface area (Å²) in [7, 11) is 1.41. The molecule has 0 fully saturated rings. The van der Waals surface area contributed by atoms with Crippen molar-refractivity contribution >= 4 is 22.5 Å². The SMILES string of the molecule is CCc1nn2c(ncc3c(=O)n(NC(=O)COC)ccc32)c1-c1ccccc1. The highest BCUT2D eigenvalue weighted by molar-refractivity contribution is 5.88. The van der Waals surface area contributed by atoms with Gasteiger partial charge >= 0.3 is 0 Å². The number of rotatable bonds is 5. The zero-order valence-corrected chi connectivity index (χ0v) is 15.5. The lowest BCUT2D eigenvalue weighted by molar-refractivity contribution is -0.120. The van der Waals surface area contributed by atoms with Gasteiger partial charge in [-0.05, 0) is 18.1 Å². The predicted octanol–water partition coefficient (Wildman–Crippen LogP) is 1.99. The number of ether oxygens (including phenoxy) is 1. The first-order valence-electron chi connectivity index (χ1n) is 8.90. The number of carbonyl (C=O) groups excluding carboxylic acids is 1. The monoisotopic (exact) mass is 377 g/mol. The fraction of sp³-hybridized carbons (Fsp3) is 0.200. The van der Waals surface area contributed by atoms with Crippen molar-refractivity contribution in [1.29, 1.82) is 0 Å². The van der Waals surface area contributed by atoms with Gasteiger partial charge < -0.3 is 4.74 Å². The molecular weight excluding hydrogens is 358 g/mol. The van der Waals surface area contributed by atoms with Gasteiger partial charge in [-0.2, -0.15) is 5.10 Å². The molecule has 28 heavy (non-hydrogen) atoms. The van der Waals surface area contributed by atoms with E-state index in [1.807, 2.05) is 37.3 Å². The molecular formula is C20H19N5O3. The van der Waals surface area contributed by atoms with Crippen molar-refractivity contribution in [3.63, 3.8) is 0 Å². The maximum atomic E-state index is 12.8. The summed E-state index contributed by atoms with van der Waals surface area (Å²) in [6.45, 7) is 1.90. The largest absolute Gasteiger partial charge is 0.375 e. The Morgan fingerprint density at radius 1 is 1.21 bits per heavy atom. The Morgan fingerprint density at radius 2 is 2.00 bits per heavy atom. The van der Waals surface area contributed by atoms with E-state index in [0.29, 0.717) is 16.6 Å². The molecule has 1 amide bonds. The first-order valence-corrected chi connectivity index (χ1v) is 8.90. The van der Waals surface area contributed by atoms with Crippen molar-refractivity contribution in [2.24, 2.45) is 0 Å². The number of carbonyl (C=O) groups is 1. The highest BCUT2D eigenvalue weighted by atomic mass is 16.5. The Balaban J connectivity index is 1.91. The summed E-state index contributed by atoms with van der Waals surface area (Å²) in [5.74, 6) is -0.420. The molecule has 8 nitrogen and oxygen atoms in total. The number of methoxy groups -OCH3 is 1. The zero-order chi connectivity index (χ0) is 19.7. The minimum atomic E-state index is -0.420. The van der Waals surface area contributed by atoms with E-state index in [1.54, 1.807) is 10.6 Å². The molecule has 3 heterocycles. The molecule has 0 spiro atoms. The summed E-state index contributed by atoms with van der Waals surface area (Å²) in [5.41, 5.74) is 6.32. The minimum Gasteiger partial charge on any atom is -0.375 e. The van der Waals surface area contributed by atoms with Crippen LogP contribution in [0, 0.1) is 0 Å². The molecule has 4 aromatic rings. The Kier molecular flexibility index (Phi) is 4.62. The molecule has 1 N–H and O–H groups in total. The molecule has 0 aliphatic rings. The lowest BCUT2D eigenvalue weighted by atomic mass is 10.0. The molecule has 0 saturated heterocycles. The maximum absolute atomic E-state index is 12.8. The predicted molar refractivity (Wildman–Crippen MR) is 106 cm³/mol. The topological polar surface area (TPSA) is 90.5 Å². The fourth-order valence-corrected chi connectivity index (χ4v) is 3.25. The second kappa shape index (κ2) is 7.24. The van der Waals surface area contributed by atoms with E-state index in [1.165, 1.54) is 19.5 Å². The number of aryl methyl sites for hydroxylation is 1. The average molecular weight is 377 g/mol. The highest BCUT2D eigenvalue weighted by Gasteiger charge is 2.17. The maximum Gasteiger partial charge on any atom is 0.280 e. The molecule has 0 saturated carbocycles. The van der Waals surface area contributed by atoms with E-state index < -0.39 is 5.91 Å². The third-order valence-electron chi connectivity index (χ3n) is 4.50. The van der Waals surface area contributed by atoms with Crippen LogP contribution in [0.4, 0.5) is 0 Å². The van der Waals surface area contributed by atoms with Crippen LogP contribution in [0.5, 0.6) is 0 Å². The summed E-state index contributed by atoms with van der Waals surface area (Å²) in [6, 6.07) is 11.7. The van der Waals surface area contributed by atoms with Gasteiger partial charge in [-0.1, -0.05) is 37.3 Å². The van der Waals surface area contributed by atoms with Gasteiger partial charge in [-0.15, -0.1) is 0 Å². The Morgan fingerprint density at radius 3 is 2.71 bits per heavy atom. The number of nitrogens with one attached hydrogen (secondary N) is 1. The normalized spacial score (nSPS) is 11.2. The molecule has 0 radical (unpaired) electrons. The van der Waals surface area contributed by atoms with Gasteiger partial charge in [0.2, 0.25) is 0 Å². The Bertz CT molecular complexity index is 1230. The highest BCUT2D eigenvalue weighted by Crippen LogP contribution is 2.29. The second-order valence-electron chi connectivity index (χ2n) is 6.29. The van der Waals surface area contributed by atoms with Crippen LogP contribution in [0.2, 0.25) is 0 Å². The number of benzene rings is 1. The molecule has 4 rings (SSSR count). The van der Waals surface area contributed by atoms with Crippen LogP contribution in [-0.2, 0) is 16.0 Å². The summed E-state index contributed by atoms with van der Waals surface area (Å²) in [4.78, 5) is 29.0. The molecule has 0 atom stereocenters. The molecule has 8 heteroatoms. The van der Waals surface area contributed by atoms with Gasteiger partial charge in [0.1, 0.15) is 6.61 Å². The number of amides is 1. The Labute approximate surface area is 160 Å². The van der Waals surface area contributed by atoms with Crippen molar-refractivity contribution in [1.82, 2.24) is 19.3 Å². The number of pyridine rings is 1. The smallest absolute Gasteiger partial charge is 0.280 e. The molecule has 142 valence electrons. The van der Waals surface area contributed by atoms with E-state index in [9.17, 15) is 9.59 Å². The molecule has 0 bridgehead atoms. The summed E-state index contributed by atoms with van der Waals surface area (Å²) in [5, 5.41) is 5.05. The lowest BCUT2D eigenvalue weighted by Gasteiger charge is -2.09. The van der Waals surface area contributed by atoms with E-state index in [-0.39, 0.29) is 12.2 Å². The van der Waals surface area contributed by atoms with Gasteiger partial charge in [-0.25, -0.2) is 14.2 Å². The fourth-order valence-electron chi connectivity index (χ4n) is 3.25. The van der Waals surface area contributed by atoms with Crippen molar-refractivity contribution in [2.75, 3.05) is 19.1 Å². The van der Waals surface area contributed by atoms with Crippen LogP contribution in [0.25, 0.3) is 27.7 Å². The minimum absolute atomic E-state index is 0.138. The average Bonchev–Trinajstić information content (AvgIpc) is 3.10. The summed E-state index contributed by atoms with van der Waals surface area (Å²) >= 11 is 0. The molecule has 3 aromatic heterocycles. The van der Waals surface area contributed by atoms with E-state index in [4.69, 9.17) is 9.84 Å². The summed E-state index contributed by atoms with van der Waals surface area (Å²) < 4.78 is 7.60. The van der Waals surface area contributed by atoms with Gasteiger partial charge in [-0.3, -0.25) is 15.0 Å². The third-order valence-corrected chi connectivity index (χ3v) is 4.50. The standard InChI is InChI=1S/C20H19N5O3/c1-3-15-18(13-7-5-4-6-8-13)19-21-11-14-16(25(19)22-15)9-10-24(20(14)27)23-17(26)12-28-2/h4-11H,3,12H2,1-2H3,(H,23,26).